The number of phenols is 1. The van der Waals surface area contributed by atoms with Gasteiger partial charge < -0.3 is 9.84 Å². The van der Waals surface area contributed by atoms with Crippen LogP contribution >= 0.6 is 0 Å². The number of aromatic hydroxyl groups is 1. The van der Waals surface area contributed by atoms with Crippen LogP contribution in [0.1, 0.15) is 0 Å². The minimum Gasteiger partial charge on any atom is -0.504 e. The van der Waals surface area contributed by atoms with E-state index in [0.717, 1.165) is 22.2 Å². The van der Waals surface area contributed by atoms with Crippen LogP contribution in [0.5, 0.6) is 11.5 Å². The standard InChI is InChI=1S/C16H13NO2/c1-19-16-10-14-12(9-15(16)18)7-8-13(17-14)11-5-3-2-4-6-11/h2-10,18H,1H3. The Morgan fingerprint density at radius 3 is 2.53 bits per heavy atom. The Morgan fingerprint density at radius 2 is 1.79 bits per heavy atom. The van der Waals surface area contributed by atoms with Crippen LogP contribution < -0.4 is 4.74 Å². The average molecular weight is 251 g/mol. The van der Waals surface area contributed by atoms with Gasteiger partial charge in [-0.2, -0.15) is 0 Å². The Hall–Kier alpha value is -2.55. The summed E-state index contributed by atoms with van der Waals surface area (Å²) >= 11 is 0. The Kier molecular flexibility index (Phi) is 2.80. The number of pyridine rings is 1. The molecule has 0 aliphatic carbocycles. The first kappa shape index (κ1) is 11.5. The van der Waals surface area contributed by atoms with Crippen LogP contribution in [0.15, 0.2) is 54.6 Å². The normalized spacial score (nSPS) is 10.6. The molecule has 0 spiro atoms. The van der Waals surface area contributed by atoms with Crippen molar-refractivity contribution in [3.05, 3.63) is 54.6 Å². The average Bonchev–Trinajstić information content (AvgIpc) is 2.47. The van der Waals surface area contributed by atoms with Gasteiger partial charge >= 0.3 is 0 Å². The van der Waals surface area contributed by atoms with Crippen LogP contribution in [0.4, 0.5) is 0 Å². The third kappa shape index (κ3) is 2.10. The number of hydrogen-bond donors (Lipinski definition) is 1. The lowest BCUT2D eigenvalue weighted by Gasteiger charge is -2.07. The van der Waals surface area contributed by atoms with Crippen LogP contribution in [0.3, 0.4) is 0 Å². The molecule has 0 unspecified atom stereocenters. The summed E-state index contributed by atoms with van der Waals surface area (Å²) in [6.45, 7) is 0. The Balaban J connectivity index is 2.18. The van der Waals surface area contributed by atoms with E-state index in [1.54, 1.807) is 12.1 Å². The summed E-state index contributed by atoms with van der Waals surface area (Å²) in [5.74, 6) is 0.564. The van der Waals surface area contributed by atoms with Crippen LogP contribution in [0.2, 0.25) is 0 Å². The molecule has 0 bridgehead atoms. The van der Waals surface area contributed by atoms with Gasteiger partial charge in [0, 0.05) is 17.0 Å². The molecule has 1 heterocycles. The molecule has 0 saturated heterocycles. The van der Waals surface area contributed by atoms with Crippen LogP contribution in [0, 0.1) is 0 Å². The number of phenolic OH excluding ortho intramolecular Hbond substituents is 1. The van der Waals surface area contributed by atoms with Crippen LogP contribution in [-0.2, 0) is 0 Å². The zero-order chi connectivity index (χ0) is 13.2. The molecule has 2 aromatic carbocycles. The molecule has 3 rings (SSSR count). The fourth-order valence-electron chi connectivity index (χ4n) is 2.07. The highest BCUT2D eigenvalue weighted by atomic mass is 16.5. The second-order valence-corrected chi connectivity index (χ2v) is 4.28. The van der Waals surface area contributed by atoms with Gasteiger partial charge in [-0.3, -0.25) is 0 Å². The van der Waals surface area contributed by atoms with E-state index in [1.165, 1.54) is 7.11 Å². The molecule has 0 atom stereocenters. The van der Waals surface area contributed by atoms with Crippen molar-refractivity contribution in [3.8, 4) is 22.8 Å². The number of nitrogens with zero attached hydrogens (tertiary/aromatic N) is 1. The van der Waals surface area contributed by atoms with Crippen molar-refractivity contribution < 1.29 is 9.84 Å². The largest absolute Gasteiger partial charge is 0.504 e. The number of benzene rings is 2. The lowest BCUT2D eigenvalue weighted by atomic mass is 10.1. The number of aromatic nitrogens is 1. The zero-order valence-corrected chi connectivity index (χ0v) is 10.5. The summed E-state index contributed by atoms with van der Waals surface area (Å²) in [5, 5.41) is 10.6. The van der Waals surface area contributed by atoms with Crippen molar-refractivity contribution in [2.45, 2.75) is 0 Å². The minimum absolute atomic E-state index is 0.129. The van der Waals surface area contributed by atoms with Gasteiger partial charge in [-0.1, -0.05) is 36.4 Å². The lowest BCUT2D eigenvalue weighted by Crippen LogP contribution is -1.88. The van der Waals surface area contributed by atoms with Gasteiger partial charge in [-0.25, -0.2) is 4.98 Å². The number of fused-ring (bicyclic) bond motifs is 1. The molecule has 0 saturated carbocycles. The maximum Gasteiger partial charge on any atom is 0.162 e. The summed E-state index contributed by atoms with van der Waals surface area (Å²) in [4.78, 5) is 4.60. The zero-order valence-electron chi connectivity index (χ0n) is 10.5. The van der Waals surface area contributed by atoms with E-state index >= 15 is 0 Å². The monoisotopic (exact) mass is 251 g/mol. The van der Waals surface area contributed by atoms with Crippen molar-refractivity contribution >= 4 is 10.9 Å². The first-order valence-electron chi connectivity index (χ1n) is 6.01. The molecule has 3 aromatic rings. The molecule has 3 nitrogen and oxygen atoms in total. The molecule has 0 amide bonds. The van der Waals surface area contributed by atoms with E-state index in [1.807, 2.05) is 42.5 Å². The quantitative estimate of drug-likeness (QED) is 0.756. The summed E-state index contributed by atoms with van der Waals surface area (Å²) in [6, 6.07) is 17.3. The van der Waals surface area contributed by atoms with Gasteiger partial charge in [-0.05, 0) is 12.1 Å². The first-order valence-corrected chi connectivity index (χ1v) is 6.01. The third-order valence-corrected chi connectivity index (χ3v) is 3.06. The molecule has 1 N–H and O–H groups in total. The van der Waals surface area contributed by atoms with E-state index in [2.05, 4.69) is 4.98 Å². The fraction of sp³-hybridized carbons (Fsp3) is 0.0625. The van der Waals surface area contributed by atoms with Crippen molar-refractivity contribution in [1.82, 2.24) is 4.98 Å². The highest BCUT2D eigenvalue weighted by Gasteiger charge is 2.06. The SMILES string of the molecule is COc1cc2nc(-c3ccccc3)ccc2cc1O. The minimum atomic E-state index is 0.129. The topological polar surface area (TPSA) is 42.4 Å². The van der Waals surface area contributed by atoms with E-state index in [4.69, 9.17) is 4.74 Å². The lowest BCUT2D eigenvalue weighted by molar-refractivity contribution is 0.374. The third-order valence-electron chi connectivity index (χ3n) is 3.06. The smallest absolute Gasteiger partial charge is 0.162 e. The van der Waals surface area contributed by atoms with Gasteiger partial charge in [-0.15, -0.1) is 0 Å². The summed E-state index contributed by atoms with van der Waals surface area (Å²) < 4.78 is 5.11. The summed E-state index contributed by atoms with van der Waals surface area (Å²) in [7, 11) is 1.53. The highest BCUT2D eigenvalue weighted by molar-refractivity contribution is 5.84. The molecule has 0 aliphatic rings. The predicted octanol–water partition coefficient (Wildman–Crippen LogP) is 3.62. The molecule has 94 valence electrons. The summed E-state index contributed by atoms with van der Waals surface area (Å²) in [6.07, 6.45) is 0. The van der Waals surface area contributed by atoms with E-state index in [-0.39, 0.29) is 5.75 Å². The molecule has 0 fully saturated rings. The second-order valence-electron chi connectivity index (χ2n) is 4.28. The predicted molar refractivity (Wildman–Crippen MR) is 75.4 cm³/mol. The highest BCUT2D eigenvalue weighted by Crippen LogP contribution is 2.31. The van der Waals surface area contributed by atoms with Crippen LogP contribution in [-0.4, -0.2) is 17.2 Å². The molecule has 1 aromatic heterocycles. The first-order chi connectivity index (χ1) is 9.28. The number of rotatable bonds is 2. The number of hydrogen-bond acceptors (Lipinski definition) is 3. The number of ether oxygens (including phenoxy) is 1. The second kappa shape index (κ2) is 4.61. The maximum absolute atomic E-state index is 9.74. The summed E-state index contributed by atoms with van der Waals surface area (Å²) in [5.41, 5.74) is 2.77. The fourth-order valence-corrected chi connectivity index (χ4v) is 2.07. The Morgan fingerprint density at radius 1 is 1.00 bits per heavy atom. The number of methoxy groups -OCH3 is 1. The maximum atomic E-state index is 9.74. The molecular formula is C16H13NO2. The van der Waals surface area contributed by atoms with E-state index in [9.17, 15) is 5.11 Å². The van der Waals surface area contributed by atoms with Crippen molar-refractivity contribution in [2.24, 2.45) is 0 Å². The van der Waals surface area contributed by atoms with Gasteiger partial charge in [0.25, 0.3) is 0 Å². The van der Waals surface area contributed by atoms with Gasteiger partial charge in [0.15, 0.2) is 11.5 Å². The van der Waals surface area contributed by atoms with Gasteiger partial charge in [0.05, 0.1) is 18.3 Å². The van der Waals surface area contributed by atoms with Crippen molar-refractivity contribution in [2.75, 3.05) is 7.11 Å². The Labute approximate surface area is 111 Å². The Bertz CT molecular complexity index is 723. The van der Waals surface area contributed by atoms with Crippen molar-refractivity contribution in [3.63, 3.8) is 0 Å². The molecule has 0 aliphatic heterocycles. The van der Waals surface area contributed by atoms with E-state index < -0.39 is 0 Å². The van der Waals surface area contributed by atoms with Crippen molar-refractivity contribution in [1.29, 1.82) is 0 Å². The molecule has 19 heavy (non-hydrogen) atoms. The van der Waals surface area contributed by atoms with E-state index in [0.29, 0.717) is 5.75 Å². The van der Waals surface area contributed by atoms with Gasteiger partial charge in [0.2, 0.25) is 0 Å². The molecule has 3 heteroatoms. The molecule has 0 radical (unpaired) electrons. The molecular weight excluding hydrogens is 238 g/mol. The van der Waals surface area contributed by atoms with Gasteiger partial charge in [0.1, 0.15) is 0 Å². The van der Waals surface area contributed by atoms with Crippen LogP contribution in [0.25, 0.3) is 22.2 Å².